The zero-order valence-electron chi connectivity index (χ0n) is 8.73. The molecule has 1 N–H and O–H groups in total. The Morgan fingerprint density at radius 3 is 2.94 bits per heavy atom. The van der Waals surface area contributed by atoms with Crippen LogP contribution in [0.1, 0.15) is 20.3 Å². The van der Waals surface area contributed by atoms with Crippen LogP contribution in [0.15, 0.2) is 14.3 Å². The van der Waals surface area contributed by atoms with Crippen LogP contribution < -0.4 is 5.32 Å². The van der Waals surface area contributed by atoms with Gasteiger partial charge in [0.05, 0.1) is 10.8 Å². The molecule has 2 aliphatic rings. The van der Waals surface area contributed by atoms with Crippen molar-refractivity contribution in [1.82, 2.24) is 5.32 Å². The smallest absolute Gasteiger partial charge is 0.305 e. The monoisotopic (exact) mass is 282 g/mol. The minimum absolute atomic E-state index is 0.0279. The zero-order chi connectivity index (χ0) is 11.9. The Bertz CT molecular complexity index is 470. The van der Waals surface area contributed by atoms with Crippen LogP contribution in [-0.2, 0) is 14.8 Å². The molecule has 16 heavy (non-hydrogen) atoms. The van der Waals surface area contributed by atoms with Crippen molar-refractivity contribution in [2.24, 2.45) is 4.40 Å². The summed E-state index contributed by atoms with van der Waals surface area (Å²) in [5, 5.41) is 2.86. The maximum atomic E-state index is 11.8. The summed E-state index contributed by atoms with van der Waals surface area (Å²) in [6.07, 6.45) is 0.339. The number of hydrogen-bond donors (Lipinski definition) is 1. The van der Waals surface area contributed by atoms with Crippen LogP contribution in [0.4, 0.5) is 0 Å². The summed E-state index contributed by atoms with van der Waals surface area (Å²) in [7, 11) is -3.63. The van der Waals surface area contributed by atoms with Crippen molar-refractivity contribution in [3.8, 4) is 0 Å². The highest BCUT2D eigenvalue weighted by atomic mass is 35.5. The molecule has 2 heterocycles. The van der Waals surface area contributed by atoms with Gasteiger partial charge in [0.2, 0.25) is 0 Å². The molecule has 0 amide bonds. The summed E-state index contributed by atoms with van der Waals surface area (Å²) >= 11 is 7.00. The number of sulfonamides is 1. The van der Waals surface area contributed by atoms with Crippen LogP contribution in [0.3, 0.4) is 0 Å². The summed E-state index contributed by atoms with van der Waals surface area (Å²) in [5.41, 5.74) is 0.579. The fourth-order valence-electron chi connectivity index (χ4n) is 1.37. The van der Waals surface area contributed by atoms with Gasteiger partial charge in [0, 0.05) is 12.1 Å². The molecule has 1 atom stereocenters. The molecule has 0 saturated carbocycles. The fourth-order valence-corrected chi connectivity index (χ4v) is 4.49. The van der Waals surface area contributed by atoms with E-state index in [9.17, 15) is 8.42 Å². The number of ether oxygens (including phenoxy) is 1. The summed E-state index contributed by atoms with van der Waals surface area (Å²) < 4.78 is 32.3. The van der Waals surface area contributed by atoms with Crippen molar-refractivity contribution in [2.75, 3.05) is 0 Å². The number of thioether (sulfide) groups is 1. The van der Waals surface area contributed by atoms with Gasteiger partial charge in [-0.2, -0.15) is 8.42 Å². The number of nitrogens with one attached hydrogen (secondary N) is 1. The van der Waals surface area contributed by atoms with Crippen molar-refractivity contribution in [3.05, 3.63) is 9.93 Å². The highest BCUT2D eigenvalue weighted by Gasteiger charge is 2.37. The minimum atomic E-state index is -3.63. The third kappa shape index (κ3) is 2.31. The second-order valence-corrected chi connectivity index (χ2v) is 7.46. The van der Waals surface area contributed by atoms with Crippen molar-refractivity contribution >= 4 is 39.4 Å². The number of hydrogen-bond acceptors (Lipinski definition) is 5. The molecular formula is C8H11ClN2O3S2. The minimum Gasteiger partial charge on any atom is -0.462 e. The van der Waals surface area contributed by atoms with Crippen LogP contribution in [-0.4, -0.2) is 25.3 Å². The van der Waals surface area contributed by atoms with E-state index in [1.165, 1.54) is 0 Å². The molecule has 8 heteroatoms. The lowest BCUT2D eigenvalue weighted by Crippen LogP contribution is -2.32. The van der Waals surface area contributed by atoms with Crippen LogP contribution >= 0.6 is 23.4 Å². The van der Waals surface area contributed by atoms with E-state index in [1.54, 1.807) is 13.8 Å². The molecule has 1 unspecified atom stereocenters. The predicted molar refractivity (Wildman–Crippen MR) is 64.6 cm³/mol. The van der Waals surface area contributed by atoms with Gasteiger partial charge in [0.25, 0.3) is 10.0 Å². The highest BCUT2D eigenvalue weighted by Crippen LogP contribution is 2.43. The molecule has 0 aromatic heterocycles. The molecule has 5 nitrogen and oxygen atoms in total. The SMILES string of the molecule is CC(C)OC1=NS(=O)(=O)C2=C(CC(Cl)S2)N1. The number of rotatable bonds is 1. The predicted octanol–water partition coefficient (Wildman–Crippen LogP) is 1.57. The van der Waals surface area contributed by atoms with Gasteiger partial charge in [0.1, 0.15) is 4.24 Å². The van der Waals surface area contributed by atoms with Gasteiger partial charge in [-0.25, -0.2) is 0 Å². The van der Waals surface area contributed by atoms with E-state index < -0.39 is 10.0 Å². The average Bonchev–Trinajstić information content (AvgIpc) is 2.44. The largest absolute Gasteiger partial charge is 0.462 e. The molecule has 0 spiro atoms. The molecule has 0 aliphatic carbocycles. The Hall–Kier alpha value is -0.400. The summed E-state index contributed by atoms with van der Waals surface area (Å²) in [5.74, 6) is 0. The highest BCUT2D eigenvalue weighted by molar-refractivity contribution is 8.19. The first-order valence-corrected chi connectivity index (χ1v) is 7.46. The van der Waals surface area contributed by atoms with E-state index in [0.717, 1.165) is 11.8 Å². The second kappa shape index (κ2) is 4.12. The molecule has 0 bridgehead atoms. The molecule has 2 rings (SSSR count). The molecule has 0 radical (unpaired) electrons. The Morgan fingerprint density at radius 1 is 1.62 bits per heavy atom. The van der Waals surface area contributed by atoms with Gasteiger partial charge >= 0.3 is 6.02 Å². The van der Waals surface area contributed by atoms with E-state index in [2.05, 4.69) is 9.71 Å². The molecule has 0 fully saturated rings. The first-order valence-electron chi connectivity index (χ1n) is 4.71. The van der Waals surface area contributed by atoms with Crippen molar-refractivity contribution in [3.63, 3.8) is 0 Å². The van der Waals surface area contributed by atoms with Crippen LogP contribution in [0.5, 0.6) is 0 Å². The molecule has 2 aliphatic heterocycles. The Morgan fingerprint density at radius 2 is 2.31 bits per heavy atom. The summed E-state index contributed by atoms with van der Waals surface area (Å²) in [6.45, 7) is 3.60. The first-order chi connectivity index (χ1) is 7.38. The van der Waals surface area contributed by atoms with Crippen molar-refractivity contribution in [2.45, 2.75) is 31.1 Å². The molecule has 0 saturated heterocycles. The van der Waals surface area contributed by atoms with Gasteiger partial charge in [0.15, 0.2) is 0 Å². The number of amidine groups is 1. The van der Waals surface area contributed by atoms with Gasteiger partial charge in [-0.1, -0.05) is 11.8 Å². The number of halogens is 1. The molecular weight excluding hydrogens is 272 g/mol. The molecule has 0 aromatic carbocycles. The lowest BCUT2D eigenvalue weighted by atomic mass is 10.4. The topological polar surface area (TPSA) is 67.8 Å². The number of alkyl halides is 1. The maximum absolute atomic E-state index is 11.8. The third-order valence-electron chi connectivity index (χ3n) is 1.89. The van der Waals surface area contributed by atoms with Crippen LogP contribution in [0.25, 0.3) is 0 Å². The number of allylic oxidation sites excluding steroid dienone is 1. The van der Waals surface area contributed by atoms with Gasteiger partial charge < -0.3 is 10.1 Å². The molecule has 0 aromatic rings. The molecule has 90 valence electrons. The average molecular weight is 283 g/mol. The van der Waals surface area contributed by atoms with E-state index in [4.69, 9.17) is 16.3 Å². The van der Waals surface area contributed by atoms with Gasteiger partial charge in [-0.3, -0.25) is 0 Å². The quantitative estimate of drug-likeness (QED) is 0.740. The maximum Gasteiger partial charge on any atom is 0.305 e. The van der Waals surface area contributed by atoms with Crippen LogP contribution in [0.2, 0.25) is 0 Å². The van der Waals surface area contributed by atoms with Crippen LogP contribution in [0, 0.1) is 0 Å². The second-order valence-electron chi connectivity index (χ2n) is 3.66. The standard InChI is InChI=1S/C8H11ClN2O3S2/c1-4(2)14-8-10-5-3-6(9)15-7(5)16(12,13)11-8/h4,6H,3H2,1-2H3,(H,10,11). The van der Waals surface area contributed by atoms with E-state index in [0.29, 0.717) is 12.1 Å². The van der Waals surface area contributed by atoms with E-state index in [-0.39, 0.29) is 21.1 Å². The van der Waals surface area contributed by atoms with Gasteiger partial charge in [-0.15, -0.1) is 16.0 Å². The Balaban J connectivity index is 2.27. The summed E-state index contributed by atoms with van der Waals surface area (Å²) in [6, 6.07) is 0.0279. The third-order valence-corrected chi connectivity index (χ3v) is 5.23. The Kier molecular flexibility index (Phi) is 3.11. The Labute approximate surface area is 103 Å². The van der Waals surface area contributed by atoms with Gasteiger partial charge in [-0.05, 0) is 13.8 Å². The first kappa shape index (κ1) is 12.1. The summed E-state index contributed by atoms with van der Waals surface area (Å²) in [4.78, 5) is 0. The normalized spacial score (nSPS) is 27.5. The van der Waals surface area contributed by atoms with E-state index >= 15 is 0 Å². The van der Waals surface area contributed by atoms with Crippen molar-refractivity contribution in [1.29, 1.82) is 0 Å². The van der Waals surface area contributed by atoms with Crippen molar-refractivity contribution < 1.29 is 13.2 Å². The zero-order valence-corrected chi connectivity index (χ0v) is 11.1. The number of nitrogens with zero attached hydrogens (tertiary/aromatic N) is 1. The fraction of sp³-hybridized carbons (Fsp3) is 0.625. The lowest BCUT2D eigenvalue weighted by Gasteiger charge is -2.18. The van der Waals surface area contributed by atoms with E-state index in [1.807, 2.05) is 0 Å². The lowest BCUT2D eigenvalue weighted by molar-refractivity contribution is 0.219.